The van der Waals surface area contributed by atoms with Crippen LogP contribution in [0.3, 0.4) is 0 Å². The molecule has 0 N–H and O–H groups in total. The molecule has 0 spiro atoms. The number of hydrogen-bond donors (Lipinski definition) is 0. The Morgan fingerprint density at radius 3 is 1.00 bits per heavy atom. The van der Waals surface area contributed by atoms with Gasteiger partial charge in [-0.25, -0.2) is 0 Å². The van der Waals surface area contributed by atoms with Gasteiger partial charge in [0.25, 0.3) is 0 Å². The van der Waals surface area contributed by atoms with E-state index in [1.54, 1.807) is 9.96 Å². The van der Waals surface area contributed by atoms with Crippen LogP contribution in [0.25, 0.3) is 0 Å². The second-order valence-corrected chi connectivity index (χ2v) is 0.878. The Kier molecular flexibility index (Phi) is 31.7. The van der Waals surface area contributed by atoms with Crippen LogP contribution < -0.4 is 0 Å². The zero-order chi connectivity index (χ0) is 5.41. The topological polar surface area (TPSA) is 47.6 Å². The minimum absolute atomic E-state index is 1.56. The Bertz CT molecular complexity index is 64.5. The number of nitrogens with zero attached hydrogens (tertiary/aromatic N) is 2. The van der Waals surface area contributed by atoms with Crippen molar-refractivity contribution in [1.29, 1.82) is 10.5 Å². The summed E-state index contributed by atoms with van der Waals surface area (Å²) in [6, 6.07) is 0. The minimum atomic E-state index is 1.56. The largest absolute Gasteiger partial charge is 0.185 e. The Hall–Kier alpha value is -0.0600. The number of rotatable bonds is 0. The van der Waals surface area contributed by atoms with Gasteiger partial charge in [-0.2, -0.15) is 10.5 Å². The molecule has 0 saturated heterocycles. The summed E-state index contributed by atoms with van der Waals surface area (Å²) in [7, 11) is 0. The third-order valence-electron chi connectivity index (χ3n) is 0. The Morgan fingerprint density at radius 1 is 1.00 bits per heavy atom. The summed E-state index contributed by atoms with van der Waals surface area (Å²) in [5.41, 5.74) is 0. The normalized spacial score (nSPS) is 2.67. The zero-order valence-corrected chi connectivity index (χ0v) is 5.82. The summed E-state index contributed by atoms with van der Waals surface area (Å²) < 4.78 is 0. The minimum Gasteiger partial charge on any atom is -0.185 e. The molecule has 0 radical (unpaired) electrons. The molecule has 4 heteroatoms. The fourth-order valence-electron chi connectivity index (χ4n) is 0. The van der Waals surface area contributed by atoms with E-state index in [1.807, 2.05) is 0 Å². The van der Waals surface area contributed by atoms with Crippen molar-refractivity contribution < 1.29 is 0 Å². The fourth-order valence-corrected chi connectivity index (χ4v) is 0. The van der Waals surface area contributed by atoms with Crippen molar-refractivity contribution >= 4 is 31.9 Å². The summed E-state index contributed by atoms with van der Waals surface area (Å²) in [6.45, 7) is 0. The lowest BCUT2D eigenvalue weighted by Crippen LogP contribution is -0.920. The van der Waals surface area contributed by atoms with Gasteiger partial charge in [0.2, 0.25) is 0 Å². The molecular formula is C2Br2N2. The Labute approximate surface area is 52.6 Å². The Morgan fingerprint density at radius 2 is 1.00 bits per heavy atom. The van der Waals surface area contributed by atoms with Gasteiger partial charge in [0.05, 0.1) is 0 Å². The van der Waals surface area contributed by atoms with E-state index in [-0.39, 0.29) is 0 Å². The lowest BCUT2D eigenvalue weighted by molar-refractivity contribution is 1.57. The molecule has 0 amide bonds. The summed E-state index contributed by atoms with van der Waals surface area (Å²) in [5.74, 6) is 0. The van der Waals surface area contributed by atoms with Gasteiger partial charge in [-0.1, -0.05) is 0 Å². The highest BCUT2D eigenvalue weighted by Crippen LogP contribution is 1.58. The molecule has 2 nitrogen and oxygen atoms in total. The van der Waals surface area contributed by atoms with Crippen molar-refractivity contribution in [1.82, 2.24) is 0 Å². The Balaban J connectivity index is 0. The van der Waals surface area contributed by atoms with Crippen LogP contribution in [-0.4, -0.2) is 0 Å². The van der Waals surface area contributed by atoms with Crippen LogP contribution >= 0.6 is 31.9 Å². The highest BCUT2D eigenvalue weighted by molar-refractivity contribution is 9.12. The van der Waals surface area contributed by atoms with E-state index in [1.165, 1.54) is 0 Å². The van der Waals surface area contributed by atoms with Gasteiger partial charge in [0.15, 0.2) is 0 Å². The predicted octanol–water partition coefficient (Wildman–Crippen LogP) is 1.72. The highest BCUT2D eigenvalue weighted by Gasteiger charge is 1.23. The molecular weight excluding hydrogens is 212 g/mol. The van der Waals surface area contributed by atoms with Gasteiger partial charge < -0.3 is 0 Å². The van der Waals surface area contributed by atoms with E-state index >= 15 is 0 Å². The molecule has 0 aliphatic heterocycles. The maximum absolute atomic E-state index is 7.24. The van der Waals surface area contributed by atoms with E-state index in [9.17, 15) is 0 Å². The van der Waals surface area contributed by atoms with Crippen LogP contribution in [0.2, 0.25) is 0 Å². The second-order valence-electron chi connectivity index (χ2n) is 0.169. The van der Waals surface area contributed by atoms with Crippen LogP contribution in [0.15, 0.2) is 0 Å². The summed E-state index contributed by atoms with van der Waals surface area (Å²) in [6.07, 6.45) is 0. The van der Waals surface area contributed by atoms with Gasteiger partial charge in [0, 0.05) is 31.9 Å². The number of hydrogen-bond acceptors (Lipinski definition) is 2. The average molecular weight is 212 g/mol. The fraction of sp³-hybridized carbons (Fsp3) is 0. The maximum atomic E-state index is 7.24. The molecule has 0 fully saturated rings. The van der Waals surface area contributed by atoms with E-state index in [2.05, 4.69) is 31.9 Å². The smallest absolute Gasteiger partial charge is 0.142 e. The van der Waals surface area contributed by atoms with Gasteiger partial charge >= 0.3 is 0 Å². The second kappa shape index (κ2) is 20.4. The van der Waals surface area contributed by atoms with E-state index in [0.29, 0.717) is 0 Å². The molecule has 0 aromatic heterocycles. The average Bonchev–Trinajstić information content (AvgIpc) is 1.39. The predicted molar refractivity (Wildman–Crippen MR) is 29.1 cm³/mol. The molecule has 0 heterocycles. The summed E-state index contributed by atoms with van der Waals surface area (Å²) >= 11 is 4.90. The molecule has 32 valence electrons. The molecule has 0 unspecified atom stereocenters. The lowest BCUT2D eigenvalue weighted by Gasteiger charge is -1.10. The number of halogens is 2. The van der Waals surface area contributed by atoms with Crippen LogP contribution in [0.1, 0.15) is 0 Å². The van der Waals surface area contributed by atoms with E-state index in [4.69, 9.17) is 10.5 Å². The highest BCUT2D eigenvalue weighted by atomic mass is 79.9. The number of nitriles is 2. The van der Waals surface area contributed by atoms with Crippen LogP contribution in [0.5, 0.6) is 0 Å². The quantitative estimate of drug-likeness (QED) is 0.613. The van der Waals surface area contributed by atoms with Crippen molar-refractivity contribution in [2.75, 3.05) is 0 Å². The summed E-state index contributed by atoms with van der Waals surface area (Å²) in [4.78, 5) is 3.12. The van der Waals surface area contributed by atoms with E-state index in [0.717, 1.165) is 0 Å². The van der Waals surface area contributed by atoms with Gasteiger partial charge in [0.1, 0.15) is 9.96 Å². The molecule has 0 aliphatic carbocycles. The first-order valence-electron chi connectivity index (χ1n) is 0.825. The van der Waals surface area contributed by atoms with E-state index < -0.39 is 0 Å². The van der Waals surface area contributed by atoms with Gasteiger partial charge in [-0.15, -0.1) is 0 Å². The summed E-state index contributed by atoms with van der Waals surface area (Å²) in [5, 5.41) is 14.5. The van der Waals surface area contributed by atoms with Crippen molar-refractivity contribution in [2.24, 2.45) is 0 Å². The van der Waals surface area contributed by atoms with Gasteiger partial charge in [-0.3, -0.25) is 0 Å². The molecule has 0 rings (SSSR count). The van der Waals surface area contributed by atoms with Crippen molar-refractivity contribution in [3.63, 3.8) is 0 Å². The SMILES string of the molecule is N#CBr.N#CBr. The molecule has 0 bridgehead atoms. The standard InChI is InChI=1S/2CBrN/c2*2-1-3. The molecule has 0 aromatic rings. The first kappa shape index (κ1) is 9.34. The van der Waals surface area contributed by atoms with Crippen LogP contribution in [0.4, 0.5) is 0 Å². The monoisotopic (exact) mass is 210 g/mol. The van der Waals surface area contributed by atoms with Crippen LogP contribution in [-0.2, 0) is 0 Å². The van der Waals surface area contributed by atoms with Crippen molar-refractivity contribution in [2.45, 2.75) is 0 Å². The zero-order valence-electron chi connectivity index (χ0n) is 2.65. The molecule has 0 saturated carbocycles. The van der Waals surface area contributed by atoms with Crippen LogP contribution in [0, 0.1) is 20.5 Å². The first-order chi connectivity index (χ1) is 2.83. The lowest BCUT2D eigenvalue weighted by atomic mass is 11.8. The molecule has 0 aliphatic rings. The van der Waals surface area contributed by atoms with Crippen molar-refractivity contribution in [3.8, 4) is 9.96 Å². The van der Waals surface area contributed by atoms with Crippen molar-refractivity contribution in [3.05, 3.63) is 0 Å². The molecule has 0 aromatic carbocycles. The maximum Gasteiger partial charge on any atom is 0.142 e. The third-order valence-corrected chi connectivity index (χ3v) is 0. The third kappa shape index (κ3) is 9460. The molecule has 6 heavy (non-hydrogen) atoms. The molecule has 0 atom stereocenters. The first-order valence-corrected chi connectivity index (χ1v) is 2.41. The van der Waals surface area contributed by atoms with Gasteiger partial charge in [-0.05, 0) is 0 Å².